The van der Waals surface area contributed by atoms with Crippen molar-refractivity contribution in [3.05, 3.63) is 0 Å². The first kappa shape index (κ1) is 9.68. The van der Waals surface area contributed by atoms with Crippen molar-refractivity contribution in [3.63, 3.8) is 0 Å². The lowest BCUT2D eigenvalue weighted by Gasteiger charge is -2.43. The van der Waals surface area contributed by atoms with Gasteiger partial charge in [0.2, 0.25) is 0 Å². The van der Waals surface area contributed by atoms with Crippen molar-refractivity contribution in [1.82, 2.24) is 0 Å². The Labute approximate surface area is 72.7 Å². The van der Waals surface area contributed by atoms with Crippen LogP contribution in [-0.4, -0.2) is 31.2 Å². The minimum atomic E-state index is -0.341. The molecule has 70 valence electrons. The lowest BCUT2D eigenvalue weighted by molar-refractivity contribution is -0.156. The average molecular weight is 172 g/mol. The number of aliphatic hydroxyl groups is 1. The molecule has 1 fully saturated rings. The fourth-order valence-electron chi connectivity index (χ4n) is 1.65. The number of hydrogen-bond acceptors (Lipinski definition) is 3. The fraction of sp³-hybridized carbons (Fsp3) is 0.889. The lowest BCUT2D eigenvalue weighted by Crippen LogP contribution is -2.48. The molecule has 1 N–H and O–H groups in total. The fourth-order valence-corrected chi connectivity index (χ4v) is 1.65. The number of rotatable bonds is 4. The largest absolute Gasteiger partial charge is 0.396 e. The molecule has 0 unspecified atom stereocenters. The van der Waals surface area contributed by atoms with Gasteiger partial charge in [-0.2, -0.15) is 0 Å². The number of ether oxygens (including phenoxy) is 1. The number of carbonyl (C=O) groups is 1. The van der Waals surface area contributed by atoms with Gasteiger partial charge in [0, 0.05) is 10.8 Å². The third-order valence-electron chi connectivity index (χ3n) is 2.30. The van der Waals surface area contributed by atoms with E-state index in [1.165, 1.54) is 0 Å². The molecule has 0 aromatic heterocycles. The molecular formula is C9H16O3. The van der Waals surface area contributed by atoms with Gasteiger partial charge in [0.1, 0.15) is 6.29 Å². The van der Waals surface area contributed by atoms with Crippen LogP contribution >= 0.6 is 0 Å². The number of carbonyl (C=O) groups excluding carboxylic acids is 1. The van der Waals surface area contributed by atoms with Gasteiger partial charge in [-0.15, -0.1) is 0 Å². The van der Waals surface area contributed by atoms with Crippen molar-refractivity contribution < 1.29 is 14.6 Å². The second-order valence-electron chi connectivity index (χ2n) is 4.43. The van der Waals surface area contributed by atoms with Gasteiger partial charge >= 0.3 is 0 Å². The number of aliphatic hydroxyl groups excluding tert-OH is 1. The van der Waals surface area contributed by atoms with E-state index in [2.05, 4.69) is 0 Å². The van der Waals surface area contributed by atoms with E-state index in [9.17, 15) is 4.79 Å². The maximum absolute atomic E-state index is 10.6. The van der Waals surface area contributed by atoms with E-state index in [-0.39, 0.29) is 17.4 Å². The average Bonchev–Trinajstić information content (AvgIpc) is 1.97. The van der Waals surface area contributed by atoms with Crippen LogP contribution in [-0.2, 0) is 9.53 Å². The smallest absolute Gasteiger partial charge is 0.125 e. The maximum atomic E-state index is 10.6. The van der Waals surface area contributed by atoms with E-state index >= 15 is 0 Å². The monoisotopic (exact) mass is 172 g/mol. The highest BCUT2D eigenvalue weighted by Gasteiger charge is 2.42. The highest BCUT2D eigenvalue weighted by atomic mass is 16.5. The molecule has 0 bridgehead atoms. The zero-order chi connectivity index (χ0) is 9.24. The molecule has 1 saturated heterocycles. The summed E-state index contributed by atoms with van der Waals surface area (Å²) in [5.41, 5.74) is -0.489. The highest BCUT2D eigenvalue weighted by molar-refractivity contribution is 5.58. The van der Waals surface area contributed by atoms with E-state index < -0.39 is 0 Å². The van der Waals surface area contributed by atoms with Gasteiger partial charge in [-0.3, -0.25) is 0 Å². The van der Waals surface area contributed by atoms with E-state index in [4.69, 9.17) is 9.84 Å². The summed E-state index contributed by atoms with van der Waals surface area (Å²) < 4.78 is 5.04. The first-order valence-corrected chi connectivity index (χ1v) is 4.19. The van der Waals surface area contributed by atoms with E-state index in [0.29, 0.717) is 19.6 Å². The van der Waals surface area contributed by atoms with Crippen molar-refractivity contribution in [2.45, 2.75) is 20.3 Å². The quantitative estimate of drug-likeness (QED) is 0.632. The van der Waals surface area contributed by atoms with Gasteiger partial charge in [0.25, 0.3) is 0 Å². The number of hydrogen-bond donors (Lipinski definition) is 1. The molecule has 3 nitrogen and oxygen atoms in total. The highest BCUT2D eigenvalue weighted by Crippen LogP contribution is 2.38. The summed E-state index contributed by atoms with van der Waals surface area (Å²) >= 11 is 0. The van der Waals surface area contributed by atoms with Crippen LogP contribution in [0.1, 0.15) is 20.3 Å². The van der Waals surface area contributed by atoms with Gasteiger partial charge in [-0.25, -0.2) is 0 Å². The molecule has 3 heteroatoms. The molecule has 0 aliphatic carbocycles. The molecule has 1 aliphatic heterocycles. The summed E-state index contributed by atoms with van der Waals surface area (Å²) in [6.45, 7) is 5.05. The van der Waals surface area contributed by atoms with E-state index in [1.807, 2.05) is 13.8 Å². The topological polar surface area (TPSA) is 46.5 Å². The standard InChI is InChI=1S/C9H16O3/c1-8(2,4-10)3-9(5-11)6-12-7-9/h4,11H,3,5-7H2,1-2H3. The van der Waals surface area contributed by atoms with Crippen LogP contribution < -0.4 is 0 Å². The SMILES string of the molecule is CC(C)(C=O)CC1(CO)COC1. The van der Waals surface area contributed by atoms with E-state index in [1.54, 1.807) is 0 Å². The normalized spacial score (nSPS) is 21.6. The molecule has 1 aliphatic rings. The summed E-state index contributed by atoms with van der Waals surface area (Å²) in [6.07, 6.45) is 1.66. The van der Waals surface area contributed by atoms with Gasteiger partial charge in [-0.05, 0) is 6.42 Å². The Balaban J connectivity index is 2.53. The third-order valence-corrected chi connectivity index (χ3v) is 2.30. The molecule has 1 rings (SSSR count). The van der Waals surface area contributed by atoms with Crippen molar-refractivity contribution in [1.29, 1.82) is 0 Å². The van der Waals surface area contributed by atoms with Crippen LogP contribution in [0.25, 0.3) is 0 Å². The molecule has 12 heavy (non-hydrogen) atoms. The van der Waals surface area contributed by atoms with Crippen LogP contribution in [0.15, 0.2) is 0 Å². The number of aldehydes is 1. The van der Waals surface area contributed by atoms with Gasteiger partial charge in [-0.1, -0.05) is 13.8 Å². The summed E-state index contributed by atoms with van der Waals surface area (Å²) in [4.78, 5) is 10.6. The van der Waals surface area contributed by atoms with Crippen LogP contribution in [0.5, 0.6) is 0 Å². The Bertz CT molecular complexity index is 165. The summed E-state index contributed by atoms with van der Waals surface area (Å²) in [5.74, 6) is 0. The second kappa shape index (κ2) is 3.15. The van der Waals surface area contributed by atoms with Crippen LogP contribution in [0, 0.1) is 10.8 Å². The maximum Gasteiger partial charge on any atom is 0.125 e. The zero-order valence-electron chi connectivity index (χ0n) is 7.67. The summed E-state index contributed by atoms with van der Waals surface area (Å²) in [5, 5.41) is 9.10. The molecule has 0 amide bonds. The van der Waals surface area contributed by atoms with Gasteiger partial charge in [0.15, 0.2) is 0 Å². The van der Waals surface area contributed by atoms with Crippen LogP contribution in [0.4, 0.5) is 0 Å². The van der Waals surface area contributed by atoms with Crippen molar-refractivity contribution >= 4 is 6.29 Å². The third kappa shape index (κ3) is 1.84. The Morgan fingerprint density at radius 1 is 1.58 bits per heavy atom. The Hall–Kier alpha value is -0.410. The van der Waals surface area contributed by atoms with Gasteiger partial charge < -0.3 is 14.6 Å². The predicted molar refractivity (Wildman–Crippen MR) is 44.8 cm³/mol. The first-order valence-electron chi connectivity index (χ1n) is 4.19. The molecular weight excluding hydrogens is 156 g/mol. The minimum Gasteiger partial charge on any atom is -0.396 e. The molecule has 1 heterocycles. The van der Waals surface area contributed by atoms with Crippen molar-refractivity contribution in [3.8, 4) is 0 Å². The molecule has 0 aromatic rings. The molecule has 0 radical (unpaired) electrons. The molecule has 0 saturated carbocycles. The molecule has 0 aromatic carbocycles. The minimum absolute atomic E-state index is 0.115. The van der Waals surface area contributed by atoms with Crippen LogP contribution in [0.2, 0.25) is 0 Å². The van der Waals surface area contributed by atoms with Crippen molar-refractivity contribution in [2.75, 3.05) is 19.8 Å². The summed E-state index contributed by atoms with van der Waals surface area (Å²) in [7, 11) is 0. The van der Waals surface area contributed by atoms with Crippen molar-refractivity contribution in [2.24, 2.45) is 10.8 Å². The lowest BCUT2D eigenvalue weighted by atomic mass is 9.73. The first-order chi connectivity index (χ1) is 5.54. The van der Waals surface area contributed by atoms with Crippen LogP contribution in [0.3, 0.4) is 0 Å². The molecule has 0 spiro atoms. The Morgan fingerprint density at radius 3 is 2.42 bits per heavy atom. The van der Waals surface area contributed by atoms with E-state index in [0.717, 1.165) is 6.29 Å². The Morgan fingerprint density at radius 2 is 2.17 bits per heavy atom. The predicted octanol–water partition coefficient (Wildman–Crippen LogP) is 0.611. The van der Waals surface area contributed by atoms with Gasteiger partial charge in [0.05, 0.1) is 19.8 Å². The zero-order valence-corrected chi connectivity index (χ0v) is 7.67. The molecule has 0 atom stereocenters. The second-order valence-corrected chi connectivity index (χ2v) is 4.43. The Kier molecular flexibility index (Phi) is 2.54. The summed E-state index contributed by atoms with van der Waals surface area (Å²) in [6, 6.07) is 0.